The molecule has 0 spiro atoms. The Morgan fingerprint density at radius 3 is 0.680 bits per heavy atom. The van der Waals surface area contributed by atoms with Gasteiger partial charge in [0.05, 0.1) is 0 Å². The first-order valence-corrected chi connectivity index (χ1v) is 17.0. The van der Waals surface area contributed by atoms with Gasteiger partial charge >= 0.3 is 0 Å². The average Bonchev–Trinajstić information content (AvgIpc) is 2.53. The molecule has 6 heteroatoms. The molecule has 5 atom stereocenters. The molecule has 0 amide bonds. The summed E-state index contributed by atoms with van der Waals surface area (Å²) in [5, 5.41) is 0. The highest BCUT2D eigenvalue weighted by molar-refractivity contribution is 8.33. The topological polar surface area (TPSA) is 0 Å². The monoisotopic (exact) mass is 478 g/mol. The molecule has 0 aromatic heterocycles. The summed E-state index contributed by atoms with van der Waals surface area (Å²) in [5.74, 6) is 0. The Morgan fingerprint density at radius 1 is 0.600 bits per heavy atom. The molecule has 0 saturated carbocycles. The van der Waals surface area contributed by atoms with Crippen molar-refractivity contribution in [3.05, 3.63) is 0 Å². The fourth-order valence-electron chi connectivity index (χ4n) is 0.250. The standard InChI is InChI=1S/C7H16.4C3H8.H5P3.H4P2.H3P.2H2/c1-5-7(3,4)6-2;5*1-3-2;1-2;;;/h5-6H2,1-4H3;4*3H2,1-2H3;3H,1-2H2;1-2H2;1H3;2*1H. The van der Waals surface area contributed by atoms with Crippen molar-refractivity contribution in [2.75, 3.05) is 0 Å². The van der Waals surface area contributed by atoms with Gasteiger partial charge < -0.3 is 0 Å². The van der Waals surface area contributed by atoms with E-state index < -0.39 is 0 Å². The van der Waals surface area contributed by atoms with Crippen LogP contribution in [0.1, 0.15) is 124 Å². The highest BCUT2D eigenvalue weighted by atomic mass is 32.4. The van der Waals surface area contributed by atoms with E-state index in [0.717, 1.165) is 7.96 Å². The summed E-state index contributed by atoms with van der Waals surface area (Å²) >= 11 is 0. The first-order valence-electron chi connectivity index (χ1n) is 9.69. The molecule has 0 radical (unpaired) electrons. The van der Waals surface area contributed by atoms with Gasteiger partial charge in [0.1, 0.15) is 0 Å². The van der Waals surface area contributed by atoms with Gasteiger partial charge in [0, 0.05) is 2.85 Å². The zero-order chi connectivity index (χ0) is 21.4. The van der Waals surface area contributed by atoms with Gasteiger partial charge in [-0.1, -0.05) is 130 Å². The molecular weight excluding hydrogens is 414 g/mol. The number of hydrogen-bond donors (Lipinski definition) is 0. The maximum absolute atomic E-state index is 2.57. The van der Waals surface area contributed by atoms with Crippen molar-refractivity contribution in [3.63, 3.8) is 0 Å². The van der Waals surface area contributed by atoms with Gasteiger partial charge in [-0.15, -0.1) is 35.7 Å². The van der Waals surface area contributed by atoms with E-state index in [2.05, 4.69) is 119 Å². The van der Waals surface area contributed by atoms with Crippen LogP contribution in [0, 0.1) is 5.41 Å². The zero-order valence-electron chi connectivity index (χ0n) is 20.3. The Hall–Kier alpha value is 2.58. The lowest BCUT2D eigenvalue weighted by Gasteiger charge is -2.18. The van der Waals surface area contributed by atoms with Gasteiger partial charge in [0.15, 0.2) is 0 Å². The van der Waals surface area contributed by atoms with E-state index in [4.69, 9.17) is 0 Å². The minimum atomic E-state index is 0. The molecule has 0 saturated heterocycles. The van der Waals surface area contributed by atoms with E-state index in [1.54, 1.807) is 0 Å². The second-order valence-corrected chi connectivity index (χ2v) is 10.2. The zero-order valence-corrected chi connectivity index (χ0v) is 27.3. The van der Waals surface area contributed by atoms with Crippen LogP contribution in [0.3, 0.4) is 0 Å². The Labute approximate surface area is 183 Å². The van der Waals surface area contributed by atoms with Crippen LogP contribution in [0.2, 0.25) is 0 Å². The molecular formula is C19H64P6. The average molecular weight is 479 g/mol. The van der Waals surface area contributed by atoms with E-state index >= 15 is 0 Å². The van der Waals surface area contributed by atoms with Gasteiger partial charge in [0.25, 0.3) is 0 Å². The van der Waals surface area contributed by atoms with E-state index in [0.29, 0.717) is 5.41 Å². The van der Waals surface area contributed by atoms with Crippen LogP contribution in [0.25, 0.3) is 0 Å². The fourth-order valence-corrected chi connectivity index (χ4v) is 0.250. The van der Waals surface area contributed by atoms with Crippen LogP contribution >= 0.6 is 53.6 Å². The largest absolute Gasteiger partial charge is 0.153 e. The van der Waals surface area contributed by atoms with Crippen LogP contribution in [0.4, 0.5) is 0 Å². The minimum absolute atomic E-state index is 0. The van der Waals surface area contributed by atoms with Gasteiger partial charge in [0.2, 0.25) is 0 Å². The fraction of sp³-hybridized carbons (Fsp3) is 1.00. The summed E-state index contributed by atoms with van der Waals surface area (Å²) in [6.07, 6.45) is 7.59. The third-order valence-corrected chi connectivity index (χ3v) is 1.91. The second kappa shape index (κ2) is 71.7. The van der Waals surface area contributed by atoms with E-state index in [1.165, 1.54) is 38.5 Å². The molecule has 0 rings (SSSR count). The summed E-state index contributed by atoms with van der Waals surface area (Å²) in [6, 6.07) is 0. The van der Waals surface area contributed by atoms with Crippen molar-refractivity contribution in [1.82, 2.24) is 0 Å². The Kier molecular flexibility index (Phi) is 146. The molecule has 0 aliphatic heterocycles. The molecule has 0 nitrogen and oxygen atoms in total. The van der Waals surface area contributed by atoms with E-state index in [9.17, 15) is 0 Å². The summed E-state index contributed by atoms with van der Waals surface area (Å²) < 4.78 is 0. The molecule has 0 aromatic carbocycles. The second-order valence-electron chi connectivity index (χ2n) is 5.87. The summed E-state index contributed by atoms with van der Waals surface area (Å²) in [6.45, 7) is 26.1. The van der Waals surface area contributed by atoms with Crippen LogP contribution in [-0.2, 0) is 0 Å². The molecule has 5 unspecified atom stereocenters. The molecule has 0 fully saturated rings. The third kappa shape index (κ3) is 218. The molecule has 25 heavy (non-hydrogen) atoms. The van der Waals surface area contributed by atoms with Crippen LogP contribution in [0.5, 0.6) is 0 Å². The minimum Gasteiger partial charge on any atom is -0.153 e. The predicted molar refractivity (Wildman–Crippen MR) is 161 cm³/mol. The van der Waals surface area contributed by atoms with Crippen molar-refractivity contribution in [1.29, 1.82) is 0 Å². The van der Waals surface area contributed by atoms with Gasteiger partial charge in [-0.05, 0) is 5.41 Å². The predicted octanol–water partition coefficient (Wildman–Crippen LogP) is 10.9. The molecule has 0 bridgehead atoms. The highest BCUT2D eigenvalue weighted by Gasteiger charge is 2.09. The molecule has 170 valence electrons. The summed E-state index contributed by atoms with van der Waals surface area (Å²) in [5.41, 5.74) is 0.583. The lowest BCUT2D eigenvalue weighted by Crippen LogP contribution is -2.05. The first kappa shape index (κ1) is 50.8. The van der Waals surface area contributed by atoms with E-state index in [1.807, 2.05) is 0 Å². The molecule has 0 N–H and O–H groups in total. The van der Waals surface area contributed by atoms with Crippen molar-refractivity contribution in [2.45, 2.75) is 122 Å². The lowest BCUT2D eigenvalue weighted by atomic mass is 9.88. The van der Waals surface area contributed by atoms with Crippen molar-refractivity contribution < 1.29 is 2.85 Å². The summed E-state index contributed by atoms with van der Waals surface area (Å²) in [4.78, 5) is 0. The Bertz CT molecular complexity index is 105. The SMILES string of the molecule is CCC.CCC.CCC.CCC.CCC(C)(C)CC.P.PP.PPP.[HH].[HH]. The van der Waals surface area contributed by atoms with Crippen LogP contribution in [-0.4, -0.2) is 0 Å². The van der Waals surface area contributed by atoms with E-state index in [-0.39, 0.29) is 12.8 Å². The number of hydrogen-bond acceptors (Lipinski definition) is 0. The third-order valence-electron chi connectivity index (χ3n) is 1.91. The number of rotatable bonds is 2. The van der Waals surface area contributed by atoms with Gasteiger partial charge in [-0.25, -0.2) is 0 Å². The smallest absolute Gasteiger partial charge is 0 e. The Morgan fingerprint density at radius 2 is 0.680 bits per heavy atom. The summed E-state index contributed by atoms with van der Waals surface area (Å²) in [7, 11) is 10.7. The highest BCUT2D eigenvalue weighted by Crippen LogP contribution is 2.28. The molecule has 0 aliphatic rings. The van der Waals surface area contributed by atoms with Crippen molar-refractivity contribution >= 4 is 53.6 Å². The van der Waals surface area contributed by atoms with Crippen LogP contribution in [0.15, 0.2) is 0 Å². The van der Waals surface area contributed by atoms with Gasteiger partial charge in [-0.3, -0.25) is 0 Å². The maximum Gasteiger partial charge on any atom is 0 e. The quantitative estimate of drug-likeness (QED) is 0.346. The molecule has 0 heterocycles. The maximum atomic E-state index is 2.57. The lowest BCUT2D eigenvalue weighted by molar-refractivity contribution is 0.338. The molecule has 0 aliphatic carbocycles. The molecule has 0 aromatic rings. The van der Waals surface area contributed by atoms with Crippen LogP contribution < -0.4 is 0 Å². The normalized spacial score (nSPS) is 7.20. The first-order chi connectivity index (χ1) is 11.2. The van der Waals surface area contributed by atoms with Gasteiger partial charge in [-0.2, -0.15) is 9.90 Å². The van der Waals surface area contributed by atoms with Crippen molar-refractivity contribution in [3.8, 4) is 0 Å². The van der Waals surface area contributed by atoms with Crippen molar-refractivity contribution in [2.24, 2.45) is 5.41 Å². The Balaban J connectivity index is -0.0000000161.